The third-order valence-corrected chi connectivity index (χ3v) is 6.34. The van der Waals surface area contributed by atoms with E-state index in [0.717, 1.165) is 12.8 Å². The number of anilines is 1. The van der Waals surface area contributed by atoms with Gasteiger partial charge in [0.1, 0.15) is 5.75 Å². The largest absolute Gasteiger partial charge is 0.476 e. The first kappa shape index (κ1) is 26.9. The number of amides is 2. The molecule has 1 saturated heterocycles. The van der Waals surface area contributed by atoms with Crippen LogP contribution in [0.4, 0.5) is 5.69 Å². The molecular formula is C26H40N4O5. The molecule has 35 heavy (non-hydrogen) atoms. The standard InChI is InChI=1S/C26H40N4O5/c1-17(2)30(19-9-8-13-28(16-19)35-24(33)25(3,4)5)22(31)18-10-11-21-20(15-18)29(14-12-27)23(32)26(6,7)34-21/h10-11,15,17,19H,8-9,12-14,16,27H2,1-7H3/t19-/m1/s1. The fourth-order valence-corrected chi connectivity index (χ4v) is 4.51. The number of hydrogen-bond acceptors (Lipinski definition) is 7. The first-order valence-corrected chi connectivity index (χ1v) is 12.4. The molecule has 0 aromatic heterocycles. The second-order valence-corrected chi connectivity index (χ2v) is 11.2. The Morgan fingerprint density at radius 3 is 2.57 bits per heavy atom. The first-order valence-electron chi connectivity index (χ1n) is 12.4. The molecule has 0 aliphatic carbocycles. The maximum Gasteiger partial charge on any atom is 0.330 e. The van der Waals surface area contributed by atoms with Crippen LogP contribution in [0.3, 0.4) is 0 Å². The number of carbonyl (C=O) groups is 3. The number of benzene rings is 1. The molecular weight excluding hydrogens is 448 g/mol. The second-order valence-electron chi connectivity index (χ2n) is 11.2. The van der Waals surface area contributed by atoms with Crippen LogP contribution in [0.5, 0.6) is 5.75 Å². The normalized spacial score (nSPS) is 20.3. The smallest absolute Gasteiger partial charge is 0.330 e. The van der Waals surface area contributed by atoms with Crippen LogP contribution in [0.15, 0.2) is 18.2 Å². The van der Waals surface area contributed by atoms with E-state index in [-0.39, 0.29) is 29.9 Å². The van der Waals surface area contributed by atoms with Gasteiger partial charge in [0, 0.05) is 37.3 Å². The number of fused-ring (bicyclic) bond motifs is 1. The summed E-state index contributed by atoms with van der Waals surface area (Å²) >= 11 is 0. The Kier molecular flexibility index (Phi) is 7.81. The number of hydrogen-bond donors (Lipinski definition) is 1. The summed E-state index contributed by atoms with van der Waals surface area (Å²) in [4.78, 5) is 48.2. The Morgan fingerprint density at radius 1 is 1.29 bits per heavy atom. The van der Waals surface area contributed by atoms with E-state index in [1.54, 1.807) is 42.0 Å². The molecule has 0 spiro atoms. The van der Waals surface area contributed by atoms with Crippen molar-refractivity contribution in [2.24, 2.45) is 11.1 Å². The van der Waals surface area contributed by atoms with Gasteiger partial charge < -0.3 is 25.1 Å². The van der Waals surface area contributed by atoms with E-state index in [2.05, 4.69) is 0 Å². The van der Waals surface area contributed by atoms with Gasteiger partial charge in [-0.2, -0.15) is 0 Å². The molecule has 0 saturated carbocycles. The number of nitrogens with two attached hydrogens (primary N) is 1. The fraction of sp³-hybridized carbons (Fsp3) is 0.654. The highest BCUT2D eigenvalue weighted by Crippen LogP contribution is 2.38. The molecule has 9 heteroatoms. The zero-order chi connectivity index (χ0) is 26.1. The Bertz CT molecular complexity index is 969. The summed E-state index contributed by atoms with van der Waals surface area (Å²) in [7, 11) is 0. The molecule has 1 aromatic carbocycles. The molecule has 9 nitrogen and oxygen atoms in total. The Labute approximate surface area is 208 Å². The summed E-state index contributed by atoms with van der Waals surface area (Å²) in [5, 5.41) is 1.68. The molecule has 0 bridgehead atoms. The van der Waals surface area contributed by atoms with Crippen LogP contribution in [-0.4, -0.2) is 71.6 Å². The zero-order valence-corrected chi connectivity index (χ0v) is 22.1. The predicted molar refractivity (Wildman–Crippen MR) is 134 cm³/mol. The molecule has 2 aliphatic rings. The lowest BCUT2D eigenvalue weighted by Gasteiger charge is -2.41. The molecule has 2 heterocycles. The molecule has 0 unspecified atom stereocenters. The van der Waals surface area contributed by atoms with Gasteiger partial charge in [0.25, 0.3) is 11.8 Å². The van der Waals surface area contributed by atoms with Crippen LogP contribution in [-0.2, 0) is 14.4 Å². The Morgan fingerprint density at radius 2 is 1.97 bits per heavy atom. The monoisotopic (exact) mass is 488 g/mol. The van der Waals surface area contributed by atoms with Crippen molar-refractivity contribution in [1.82, 2.24) is 9.96 Å². The second kappa shape index (κ2) is 10.1. The maximum atomic E-state index is 13.8. The van der Waals surface area contributed by atoms with Gasteiger partial charge in [0.05, 0.1) is 17.6 Å². The van der Waals surface area contributed by atoms with Crippen LogP contribution in [0.1, 0.15) is 71.7 Å². The summed E-state index contributed by atoms with van der Waals surface area (Å²) in [5.41, 5.74) is 5.19. The van der Waals surface area contributed by atoms with Gasteiger partial charge in [-0.15, -0.1) is 5.06 Å². The number of rotatable bonds is 6. The topological polar surface area (TPSA) is 105 Å². The van der Waals surface area contributed by atoms with Crippen LogP contribution < -0.4 is 15.4 Å². The molecule has 1 atom stereocenters. The number of carbonyl (C=O) groups excluding carboxylic acids is 3. The van der Waals surface area contributed by atoms with E-state index in [1.807, 2.05) is 39.5 Å². The van der Waals surface area contributed by atoms with Gasteiger partial charge >= 0.3 is 5.97 Å². The summed E-state index contributed by atoms with van der Waals surface area (Å²) in [6.07, 6.45) is 1.62. The molecule has 2 N–H and O–H groups in total. The minimum Gasteiger partial charge on any atom is -0.476 e. The Balaban J connectivity index is 1.86. The lowest BCUT2D eigenvalue weighted by molar-refractivity contribution is -0.208. The summed E-state index contributed by atoms with van der Waals surface area (Å²) in [6.45, 7) is 14.6. The van der Waals surface area contributed by atoms with E-state index >= 15 is 0 Å². The highest BCUT2D eigenvalue weighted by molar-refractivity contribution is 6.04. The molecule has 2 aliphatic heterocycles. The van der Waals surface area contributed by atoms with Gasteiger partial charge in [-0.05, 0) is 79.5 Å². The third kappa shape index (κ3) is 5.78. The highest BCUT2D eigenvalue weighted by atomic mass is 16.7. The molecule has 2 amide bonds. The maximum absolute atomic E-state index is 13.8. The van der Waals surface area contributed by atoms with Gasteiger partial charge in [-0.1, -0.05) is 0 Å². The van der Waals surface area contributed by atoms with Crippen molar-refractivity contribution >= 4 is 23.5 Å². The average molecular weight is 489 g/mol. The highest BCUT2D eigenvalue weighted by Gasteiger charge is 2.41. The molecule has 194 valence electrons. The SMILES string of the molecule is CC(C)N(C(=O)c1ccc2c(c1)N(CCN)C(=O)C(C)(C)O2)[C@@H]1CCCN(OC(=O)C(C)(C)C)C1. The van der Waals surface area contributed by atoms with Crippen LogP contribution in [0, 0.1) is 5.41 Å². The lowest BCUT2D eigenvalue weighted by Crippen LogP contribution is -2.54. The summed E-state index contributed by atoms with van der Waals surface area (Å²) in [6, 6.07) is 5.02. The minimum absolute atomic E-state index is 0.0706. The van der Waals surface area contributed by atoms with Crippen LogP contribution in [0.2, 0.25) is 0 Å². The summed E-state index contributed by atoms with van der Waals surface area (Å²) in [5.74, 6) is -0.0670. The molecule has 1 fully saturated rings. The molecule has 3 rings (SSSR count). The number of piperidine rings is 1. The van der Waals surface area contributed by atoms with Gasteiger partial charge in [0.2, 0.25) is 0 Å². The lowest BCUT2D eigenvalue weighted by atomic mass is 9.97. The Hall–Kier alpha value is -2.65. The van der Waals surface area contributed by atoms with Crippen molar-refractivity contribution in [1.29, 1.82) is 0 Å². The zero-order valence-electron chi connectivity index (χ0n) is 22.1. The van der Waals surface area contributed by atoms with E-state index < -0.39 is 11.0 Å². The number of ether oxygens (including phenoxy) is 1. The van der Waals surface area contributed by atoms with Crippen molar-refractivity contribution < 1.29 is 24.0 Å². The van der Waals surface area contributed by atoms with Crippen molar-refractivity contribution in [2.75, 3.05) is 31.1 Å². The predicted octanol–water partition coefficient (Wildman–Crippen LogP) is 2.97. The average Bonchev–Trinajstić information content (AvgIpc) is 2.76. The van der Waals surface area contributed by atoms with Crippen LogP contribution in [0.25, 0.3) is 0 Å². The van der Waals surface area contributed by atoms with Gasteiger partial charge in [0.15, 0.2) is 5.60 Å². The molecule has 0 radical (unpaired) electrons. The van der Waals surface area contributed by atoms with Gasteiger partial charge in [-0.3, -0.25) is 9.59 Å². The van der Waals surface area contributed by atoms with Crippen LogP contribution >= 0.6 is 0 Å². The minimum atomic E-state index is -1.01. The van der Waals surface area contributed by atoms with Crippen molar-refractivity contribution in [2.45, 2.75) is 79.0 Å². The summed E-state index contributed by atoms with van der Waals surface area (Å²) < 4.78 is 5.93. The number of nitrogens with zero attached hydrogens (tertiary/aromatic N) is 3. The van der Waals surface area contributed by atoms with E-state index in [4.69, 9.17) is 15.3 Å². The van der Waals surface area contributed by atoms with Crippen molar-refractivity contribution in [3.8, 4) is 5.75 Å². The van der Waals surface area contributed by atoms with E-state index in [0.29, 0.717) is 43.2 Å². The quantitative estimate of drug-likeness (QED) is 0.656. The van der Waals surface area contributed by atoms with Gasteiger partial charge in [-0.25, -0.2) is 4.79 Å². The van der Waals surface area contributed by atoms with E-state index in [1.165, 1.54) is 0 Å². The molecule has 1 aromatic rings. The fourth-order valence-electron chi connectivity index (χ4n) is 4.51. The van der Waals surface area contributed by atoms with Crippen molar-refractivity contribution in [3.63, 3.8) is 0 Å². The first-order chi connectivity index (χ1) is 16.3. The van der Waals surface area contributed by atoms with E-state index in [9.17, 15) is 14.4 Å². The number of hydroxylamine groups is 2. The van der Waals surface area contributed by atoms with Crippen molar-refractivity contribution in [3.05, 3.63) is 23.8 Å². The third-order valence-electron chi connectivity index (χ3n) is 6.34.